The number of nitrogens with one attached hydrogen (secondary N) is 2. The Morgan fingerprint density at radius 1 is 1.13 bits per heavy atom. The molecule has 5 aromatic rings. The van der Waals surface area contributed by atoms with Crippen molar-refractivity contribution in [1.29, 1.82) is 0 Å². The number of halogens is 2. The fraction of sp³-hybridized carbons (Fsp3) is 0.103. The Hall–Kier alpha value is -5.12. The third kappa shape index (κ3) is 4.15. The molecule has 6 rings (SSSR count). The standard InChI is InChI=1S/C29H22F2N6O2/c1-15-5-4-6-22(35-15)39-21-12-11-19-20(25(21)31)13-32-27-24-23(19)26(37(3)28(24)34-14-33-27)17-7-9-18(10-8-17)36-29(38)16(2)30/h4-12,14H,2,13H2,1,3H3,(H,36,38)(H,32,33,34). The van der Waals surface area contributed by atoms with Crippen LogP contribution < -0.4 is 15.4 Å². The van der Waals surface area contributed by atoms with E-state index < -0.39 is 17.6 Å². The summed E-state index contributed by atoms with van der Waals surface area (Å²) in [5.41, 5.74) is 5.24. The molecule has 0 bridgehead atoms. The van der Waals surface area contributed by atoms with Crippen LogP contribution in [0.1, 0.15) is 11.3 Å². The van der Waals surface area contributed by atoms with Crippen molar-refractivity contribution < 1.29 is 18.3 Å². The summed E-state index contributed by atoms with van der Waals surface area (Å²) in [6.07, 6.45) is 1.46. The van der Waals surface area contributed by atoms with Crippen LogP contribution in [0.3, 0.4) is 0 Å². The van der Waals surface area contributed by atoms with Gasteiger partial charge in [-0.05, 0) is 42.3 Å². The van der Waals surface area contributed by atoms with E-state index in [1.54, 1.807) is 42.5 Å². The molecule has 0 saturated heterocycles. The summed E-state index contributed by atoms with van der Waals surface area (Å²) < 4.78 is 36.9. The largest absolute Gasteiger partial charge is 0.436 e. The summed E-state index contributed by atoms with van der Waals surface area (Å²) >= 11 is 0. The number of rotatable bonds is 5. The lowest BCUT2D eigenvalue weighted by Crippen LogP contribution is -2.10. The lowest BCUT2D eigenvalue weighted by Gasteiger charge is -2.15. The molecule has 8 nitrogen and oxygen atoms in total. The number of anilines is 2. The predicted octanol–water partition coefficient (Wildman–Crippen LogP) is 6.28. The highest BCUT2D eigenvalue weighted by Crippen LogP contribution is 2.46. The predicted molar refractivity (Wildman–Crippen MR) is 145 cm³/mol. The molecule has 39 heavy (non-hydrogen) atoms. The van der Waals surface area contributed by atoms with Gasteiger partial charge in [-0.15, -0.1) is 0 Å². The first-order chi connectivity index (χ1) is 18.8. The molecule has 0 spiro atoms. The first-order valence-electron chi connectivity index (χ1n) is 12.1. The fourth-order valence-electron chi connectivity index (χ4n) is 4.84. The van der Waals surface area contributed by atoms with Gasteiger partial charge in [-0.3, -0.25) is 4.79 Å². The van der Waals surface area contributed by atoms with Gasteiger partial charge in [0.2, 0.25) is 5.88 Å². The summed E-state index contributed by atoms with van der Waals surface area (Å²) in [6.45, 7) is 5.03. The Bertz CT molecular complexity index is 1800. The molecule has 0 unspecified atom stereocenters. The van der Waals surface area contributed by atoms with Gasteiger partial charge >= 0.3 is 0 Å². The van der Waals surface area contributed by atoms with Crippen LogP contribution in [0.5, 0.6) is 11.6 Å². The van der Waals surface area contributed by atoms with Gasteiger partial charge in [0.25, 0.3) is 5.91 Å². The normalized spacial score (nSPS) is 11.9. The van der Waals surface area contributed by atoms with Gasteiger partial charge in [0.15, 0.2) is 17.4 Å². The molecule has 1 aliphatic heterocycles. The minimum atomic E-state index is -1.08. The van der Waals surface area contributed by atoms with E-state index in [0.717, 1.165) is 27.9 Å². The number of carbonyl (C=O) groups excluding carboxylic acids is 1. The minimum Gasteiger partial charge on any atom is -0.436 e. The lowest BCUT2D eigenvalue weighted by molar-refractivity contribution is -0.114. The number of amides is 1. The molecular weight excluding hydrogens is 502 g/mol. The van der Waals surface area contributed by atoms with Crippen molar-refractivity contribution in [2.24, 2.45) is 7.05 Å². The second-order valence-corrected chi connectivity index (χ2v) is 9.12. The highest BCUT2D eigenvalue weighted by Gasteiger charge is 2.29. The van der Waals surface area contributed by atoms with Gasteiger partial charge in [0, 0.05) is 42.2 Å². The molecule has 4 heterocycles. The highest BCUT2D eigenvalue weighted by molar-refractivity contribution is 6.09. The number of benzene rings is 2. The van der Waals surface area contributed by atoms with E-state index in [0.29, 0.717) is 34.2 Å². The first kappa shape index (κ1) is 24.2. The summed E-state index contributed by atoms with van der Waals surface area (Å²) in [4.78, 5) is 24.9. The van der Waals surface area contributed by atoms with Crippen molar-refractivity contribution >= 4 is 28.4 Å². The molecule has 10 heteroatoms. The number of fused-ring (bicyclic) bond motifs is 2. The molecule has 0 saturated carbocycles. The molecule has 194 valence electrons. The van der Waals surface area contributed by atoms with E-state index >= 15 is 4.39 Å². The maximum atomic E-state index is 16.0. The van der Waals surface area contributed by atoms with E-state index in [4.69, 9.17) is 4.74 Å². The molecule has 0 radical (unpaired) electrons. The zero-order valence-corrected chi connectivity index (χ0v) is 21.0. The topological polar surface area (TPSA) is 94.0 Å². The molecule has 1 aliphatic rings. The van der Waals surface area contributed by atoms with E-state index in [1.807, 2.05) is 30.7 Å². The molecule has 0 fully saturated rings. The number of ether oxygens (including phenoxy) is 1. The van der Waals surface area contributed by atoms with Crippen LogP contribution >= 0.6 is 0 Å². The van der Waals surface area contributed by atoms with Gasteiger partial charge in [0.1, 0.15) is 17.8 Å². The molecule has 0 atom stereocenters. The third-order valence-corrected chi connectivity index (χ3v) is 6.62. The quantitative estimate of drug-likeness (QED) is 0.263. The smallest absolute Gasteiger partial charge is 0.283 e. The maximum absolute atomic E-state index is 16.0. The second kappa shape index (κ2) is 9.32. The van der Waals surface area contributed by atoms with Crippen molar-refractivity contribution in [3.05, 3.63) is 90.4 Å². The monoisotopic (exact) mass is 524 g/mol. The highest BCUT2D eigenvalue weighted by atomic mass is 19.1. The average molecular weight is 525 g/mol. The molecule has 2 N–H and O–H groups in total. The number of hydrogen-bond acceptors (Lipinski definition) is 6. The summed E-state index contributed by atoms with van der Waals surface area (Å²) in [6, 6.07) is 15.6. The lowest BCUT2D eigenvalue weighted by atomic mass is 9.95. The van der Waals surface area contributed by atoms with Crippen LogP contribution in [-0.4, -0.2) is 25.4 Å². The Balaban J connectivity index is 1.50. The Morgan fingerprint density at radius 3 is 2.67 bits per heavy atom. The molecular formula is C29H22F2N6O2. The van der Waals surface area contributed by atoms with Gasteiger partial charge < -0.3 is 19.9 Å². The molecule has 3 aromatic heterocycles. The number of aryl methyl sites for hydroxylation is 2. The Kier molecular flexibility index (Phi) is 5.79. The van der Waals surface area contributed by atoms with E-state index in [1.165, 1.54) is 6.33 Å². The van der Waals surface area contributed by atoms with E-state index in [2.05, 4.69) is 32.2 Å². The van der Waals surface area contributed by atoms with Crippen LogP contribution in [0.15, 0.2) is 73.3 Å². The van der Waals surface area contributed by atoms with Crippen LogP contribution in [-0.2, 0) is 18.4 Å². The van der Waals surface area contributed by atoms with Crippen LogP contribution in [0.25, 0.3) is 33.4 Å². The second-order valence-electron chi connectivity index (χ2n) is 9.12. The number of hydrogen-bond donors (Lipinski definition) is 2. The third-order valence-electron chi connectivity index (χ3n) is 6.62. The summed E-state index contributed by atoms with van der Waals surface area (Å²) in [5.74, 6) is -1.54. The zero-order valence-electron chi connectivity index (χ0n) is 21.0. The van der Waals surface area contributed by atoms with Crippen molar-refractivity contribution in [3.63, 3.8) is 0 Å². The minimum absolute atomic E-state index is 0.0639. The SMILES string of the molecule is C=C(F)C(=O)Nc1ccc(-c2c3c4c(ncnc4n2C)NCc2c-3ccc(Oc3cccc(C)n3)c2F)cc1. The van der Waals surface area contributed by atoms with Crippen LogP contribution in [0, 0.1) is 12.7 Å². The Morgan fingerprint density at radius 2 is 1.92 bits per heavy atom. The van der Waals surface area contributed by atoms with E-state index in [-0.39, 0.29) is 12.3 Å². The summed E-state index contributed by atoms with van der Waals surface area (Å²) in [5, 5.41) is 6.46. The van der Waals surface area contributed by atoms with E-state index in [9.17, 15) is 9.18 Å². The fourth-order valence-corrected chi connectivity index (χ4v) is 4.84. The molecule has 1 amide bonds. The zero-order chi connectivity index (χ0) is 27.3. The van der Waals surface area contributed by atoms with Gasteiger partial charge in [0.05, 0.1) is 11.1 Å². The number of aromatic nitrogens is 4. The van der Waals surface area contributed by atoms with Gasteiger partial charge in [-0.25, -0.2) is 23.7 Å². The van der Waals surface area contributed by atoms with Crippen molar-refractivity contribution in [3.8, 4) is 34.0 Å². The van der Waals surface area contributed by atoms with Gasteiger partial charge in [-0.2, -0.15) is 0 Å². The first-order valence-corrected chi connectivity index (χ1v) is 12.1. The molecule has 2 aromatic carbocycles. The Labute approximate surface area is 222 Å². The summed E-state index contributed by atoms with van der Waals surface area (Å²) in [7, 11) is 1.87. The number of pyridine rings is 1. The number of nitrogens with zero attached hydrogens (tertiary/aromatic N) is 4. The van der Waals surface area contributed by atoms with Crippen molar-refractivity contribution in [2.75, 3.05) is 10.6 Å². The van der Waals surface area contributed by atoms with Crippen molar-refractivity contribution in [2.45, 2.75) is 13.5 Å². The maximum Gasteiger partial charge on any atom is 0.283 e. The average Bonchev–Trinajstić information content (AvgIpc) is 3.11. The van der Waals surface area contributed by atoms with Crippen LogP contribution in [0.4, 0.5) is 20.3 Å². The molecule has 0 aliphatic carbocycles. The number of carbonyl (C=O) groups is 1. The van der Waals surface area contributed by atoms with Crippen molar-refractivity contribution in [1.82, 2.24) is 19.5 Å². The van der Waals surface area contributed by atoms with Crippen LogP contribution in [0.2, 0.25) is 0 Å². The van der Waals surface area contributed by atoms with Gasteiger partial charge in [-0.1, -0.05) is 30.8 Å².